The monoisotopic (exact) mass is 379 g/mol. The smallest absolute Gasteiger partial charge is 0.289 e. The second-order valence-corrected chi connectivity index (χ2v) is 8.12. The molecule has 0 fully saturated rings. The standard InChI is InChI=1S/C15H25N3O4S.ClH/c1-10(2)13(16)8-9-17(5)23(21,22)15-12(4)11(3)6-7-14(15)18(19)20;/h6-7,10,13H,8-9,16H2,1-5H3;1H. The van der Waals surface area contributed by atoms with Crippen molar-refractivity contribution >= 4 is 28.1 Å². The summed E-state index contributed by atoms with van der Waals surface area (Å²) < 4.78 is 26.7. The van der Waals surface area contributed by atoms with E-state index in [-0.39, 0.29) is 35.8 Å². The maximum Gasteiger partial charge on any atom is 0.289 e. The summed E-state index contributed by atoms with van der Waals surface area (Å²) in [5.74, 6) is 0.237. The van der Waals surface area contributed by atoms with Gasteiger partial charge in [0.1, 0.15) is 0 Å². The molecule has 0 aliphatic carbocycles. The summed E-state index contributed by atoms with van der Waals surface area (Å²) in [5.41, 5.74) is 6.65. The molecule has 2 N–H and O–H groups in total. The van der Waals surface area contributed by atoms with Crippen LogP contribution in [0.5, 0.6) is 0 Å². The lowest BCUT2D eigenvalue weighted by Crippen LogP contribution is -2.35. The fourth-order valence-corrected chi connectivity index (χ4v) is 3.80. The Kier molecular flexibility index (Phi) is 8.31. The molecule has 0 heterocycles. The van der Waals surface area contributed by atoms with Crippen LogP contribution in [0.15, 0.2) is 17.0 Å². The Morgan fingerprint density at radius 1 is 1.29 bits per heavy atom. The first kappa shape index (κ1) is 22.8. The molecule has 0 spiro atoms. The molecular weight excluding hydrogens is 354 g/mol. The summed E-state index contributed by atoms with van der Waals surface area (Å²) in [5, 5.41) is 11.2. The van der Waals surface area contributed by atoms with Crippen molar-refractivity contribution in [3.8, 4) is 0 Å². The molecule has 1 rings (SSSR count). The zero-order valence-corrected chi connectivity index (χ0v) is 16.3. The molecule has 0 saturated heterocycles. The van der Waals surface area contributed by atoms with Crippen LogP contribution in [0.3, 0.4) is 0 Å². The molecule has 1 aromatic rings. The summed E-state index contributed by atoms with van der Waals surface area (Å²) in [6, 6.07) is 2.67. The van der Waals surface area contributed by atoms with Gasteiger partial charge in [-0.1, -0.05) is 19.9 Å². The molecule has 9 heteroatoms. The minimum atomic E-state index is -3.95. The lowest BCUT2D eigenvalue weighted by atomic mass is 10.0. The van der Waals surface area contributed by atoms with E-state index in [4.69, 9.17) is 5.73 Å². The number of nitrogens with zero attached hydrogens (tertiary/aromatic N) is 2. The van der Waals surface area contributed by atoms with Crippen molar-refractivity contribution in [1.82, 2.24) is 4.31 Å². The first-order valence-corrected chi connectivity index (χ1v) is 8.90. The van der Waals surface area contributed by atoms with Crippen LogP contribution in [-0.2, 0) is 10.0 Å². The first-order valence-electron chi connectivity index (χ1n) is 7.46. The van der Waals surface area contributed by atoms with Gasteiger partial charge in [-0.05, 0) is 37.3 Å². The minimum absolute atomic E-state index is 0. The summed E-state index contributed by atoms with van der Waals surface area (Å²) in [6.45, 7) is 7.46. The zero-order chi connectivity index (χ0) is 17.9. The third-order valence-corrected chi connectivity index (χ3v) is 6.19. The summed E-state index contributed by atoms with van der Waals surface area (Å²) in [7, 11) is -2.53. The third-order valence-electron chi connectivity index (χ3n) is 4.15. The molecule has 0 bridgehead atoms. The highest BCUT2D eigenvalue weighted by Crippen LogP contribution is 2.31. The number of nitro benzene ring substituents is 1. The van der Waals surface area contributed by atoms with E-state index in [0.29, 0.717) is 17.5 Å². The van der Waals surface area contributed by atoms with Crippen molar-refractivity contribution in [2.75, 3.05) is 13.6 Å². The fraction of sp³-hybridized carbons (Fsp3) is 0.600. The molecule has 1 atom stereocenters. The number of nitro groups is 1. The van der Waals surface area contributed by atoms with Gasteiger partial charge in [-0.3, -0.25) is 10.1 Å². The highest BCUT2D eigenvalue weighted by atomic mass is 35.5. The summed E-state index contributed by atoms with van der Waals surface area (Å²) in [4.78, 5) is 10.3. The van der Waals surface area contributed by atoms with Crippen LogP contribution in [0.2, 0.25) is 0 Å². The van der Waals surface area contributed by atoms with Gasteiger partial charge in [0.15, 0.2) is 4.90 Å². The van der Waals surface area contributed by atoms with Crippen molar-refractivity contribution in [3.05, 3.63) is 33.4 Å². The average molecular weight is 380 g/mol. The van der Waals surface area contributed by atoms with Gasteiger partial charge in [-0.2, -0.15) is 0 Å². The quantitative estimate of drug-likeness (QED) is 0.578. The molecular formula is C15H26ClN3O4S. The van der Waals surface area contributed by atoms with Crippen LogP contribution >= 0.6 is 12.4 Å². The normalized spacial score (nSPS) is 13.0. The Labute approximate surface area is 149 Å². The zero-order valence-electron chi connectivity index (χ0n) is 14.6. The van der Waals surface area contributed by atoms with Crippen LogP contribution in [0.25, 0.3) is 0 Å². The summed E-state index contributed by atoms with van der Waals surface area (Å²) >= 11 is 0. The van der Waals surface area contributed by atoms with Gasteiger partial charge in [-0.15, -0.1) is 12.4 Å². The molecule has 0 aliphatic rings. The summed E-state index contributed by atoms with van der Waals surface area (Å²) in [6.07, 6.45) is 0.492. The van der Waals surface area contributed by atoms with Gasteiger partial charge < -0.3 is 5.73 Å². The van der Waals surface area contributed by atoms with Crippen molar-refractivity contribution in [2.24, 2.45) is 11.7 Å². The van der Waals surface area contributed by atoms with Crippen molar-refractivity contribution in [1.29, 1.82) is 0 Å². The molecule has 1 aromatic carbocycles. The minimum Gasteiger partial charge on any atom is -0.327 e. The predicted molar refractivity (Wildman–Crippen MR) is 97.1 cm³/mol. The van der Waals surface area contributed by atoms with Crippen molar-refractivity contribution in [2.45, 2.75) is 45.1 Å². The van der Waals surface area contributed by atoms with Gasteiger partial charge in [0.05, 0.1) is 4.92 Å². The fourth-order valence-electron chi connectivity index (χ4n) is 2.19. The van der Waals surface area contributed by atoms with E-state index >= 15 is 0 Å². The van der Waals surface area contributed by atoms with E-state index in [1.54, 1.807) is 19.9 Å². The molecule has 24 heavy (non-hydrogen) atoms. The van der Waals surface area contributed by atoms with E-state index in [2.05, 4.69) is 0 Å². The Hall–Kier alpha value is -1.22. The molecule has 0 radical (unpaired) electrons. The van der Waals surface area contributed by atoms with Gasteiger partial charge in [-0.25, -0.2) is 12.7 Å². The van der Waals surface area contributed by atoms with Gasteiger partial charge in [0.2, 0.25) is 10.0 Å². The predicted octanol–water partition coefficient (Wildman–Crippen LogP) is 2.63. The Morgan fingerprint density at radius 3 is 2.29 bits per heavy atom. The number of benzene rings is 1. The molecule has 0 saturated carbocycles. The van der Waals surface area contributed by atoms with Crippen LogP contribution in [0, 0.1) is 29.9 Å². The van der Waals surface area contributed by atoms with Gasteiger partial charge in [0.25, 0.3) is 5.69 Å². The SMILES string of the molecule is Cc1ccc([N+](=O)[O-])c(S(=O)(=O)N(C)CCC(N)C(C)C)c1C.Cl. The number of sulfonamides is 1. The number of nitrogens with two attached hydrogens (primary N) is 1. The topological polar surface area (TPSA) is 107 Å². The van der Waals surface area contributed by atoms with Crippen LogP contribution in [-0.4, -0.2) is 37.3 Å². The van der Waals surface area contributed by atoms with E-state index < -0.39 is 20.6 Å². The largest absolute Gasteiger partial charge is 0.327 e. The number of rotatable bonds is 7. The van der Waals surface area contributed by atoms with E-state index in [9.17, 15) is 18.5 Å². The lowest BCUT2D eigenvalue weighted by Gasteiger charge is -2.22. The number of aryl methyl sites for hydroxylation is 1. The second kappa shape index (κ2) is 8.75. The molecule has 7 nitrogen and oxygen atoms in total. The van der Waals surface area contributed by atoms with E-state index in [1.165, 1.54) is 13.1 Å². The molecule has 138 valence electrons. The maximum atomic E-state index is 12.8. The Bertz CT molecular complexity index is 692. The Morgan fingerprint density at radius 2 is 1.83 bits per heavy atom. The lowest BCUT2D eigenvalue weighted by molar-refractivity contribution is -0.388. The van der Waals surface area contributed by atoms with E-state index in [0.717, 1.165) is 4.31 Å². The van der Waals surface area contributed by atoms with E-state index in [1.807, 2.05) is 13.8 Å². The highest BCUT2D eigenvalue weighted by molar-refractivity contribution is 7.89. The number of hydrogen-bond acceptors (Lipinski definition) is 5. The van der Waals surface area contributed by atoms with Crippen molar-refractivity contribution < 1.29 is 13.3 Å². The molecule has 0 amide bonds. The Balaban J connectivity index is 0.00000529. The van der Waals surface area contributed by atoms with Gasteiger partial charge >= 0.3 is 0 Å². The van der Waals surface area contributed by atoms with Crippen LogP contribution in [0.4, 0.5) is 5.69 Å². The highest BCUT2D eigenvalue weighted by Gasteiger charge is 2.32. The maximum absolute atomic E-state index is 12.8. The van der Waals surface area contributed by atoms with Gasteiger partial charge in [0, 0.05) is 25.7 Å². The van der Waals surface area contributed by atoms with Crippen LogP contribution in [0.1, 0.15) is 31.4 Å². The molecule has 0 aliphatic heterocycles. The molecule has 0 aromatic heterocycles. The molecule has 1 unspecified atom stereocenters. The number of halogens is 1. The third kappa shape index (κ3) is 4.89. The van der Waals surface area contributed by atoms with Crippen molar-refractivity contribution in [3.63, 3.8) is 0 Å². The first-order chi connectivity index (χ1) is 10.5. The van der Waals surface area contributed by atoms with Crippen LogP contribution < -0.4 is 5.73 Å². The average Bonchev–Trinajstić information content (AvgIpc) is 2.45. The number of hydrogen-bond donors (Lipinski definition) is 1. The second-order valence-electron chi connectivity index (χ2n) is 6.14.